The fourth-order valence-corrected chi connectivity index (χ4v) is 4.20. The van der Waals surface area contributed by atoms with Crippen molar-refractivity contribution in [2.45, 2.75) is 45.7 Å². The van der Waals surface area contributed by atoms with E-state index in [0.717, 1.165) is 53.5 Å². The van der Waals surface area contributed by atoms with Crippen LogP contribution in [0.1, 0.15) is 42.3 Å². The number of aromatic nitrogens is 1. The highest BCUT2D eigenvalue weighted by Crippen LogP contribution is 2.17. The van der Waals surface area contributed by atoms with Crippen molar-refractivity contribution >= 4 is 28.8 Å². The van der Waals surface area contributed by atoms with Crippen molar-refractivity contribution in [2.24, 2.45) is 0 Å². The van der Waals surface area contributed by atoms with Gasteiger partial charge in [-0.15, -0.1) is 11.3 Å². The Labute approximate surface area is 176 Å². The van der Waals surface area contributed by atoms with Gasteiger partial charge in [0.2, 0.25) is 5.91 Å². The average molecular weight is 415 g/mol. The van der Waals surface area contributed by atoms with Crippen LogP contribution in [0.5, 0.6) is 0 Å². The molecule has 3 nitrogen and oxygen atoms in total. The second-order valence-corrected chi connectivity index (χ2v) is 8.50. The normalized spacial score (nSPS) is 10.9. The van der Waals surface area contributed by atoms with Gasteiger partial charge < -0.3 is 9.47 Å². The Balaban J connectivity index is 1.71. The van der Waals surface area contributed by atoms with E-state index in [2.05, 4.69) is 29.8 Å². The van der Waals surface area contributed by atoms with E-state index in [1.807, 2.05) is 46.7 Å². The van der Waals surface area contributed by atoms with Gasteiger partial charge in [0.15, 0.2) is 0 Å². The van der Waals surface area contributed by atoms with Gasteiger partial charge >= 0.3 is 0 Å². The smallest absolute Gasteiger partial charge is 0.228 e. The molecule has 0 aliphatic carbocycles. The molecule has 0 fully saturated rings. The Kier molecular flexibility index (Phi) is 7.75. The predicted molar refractivity (Wildman–Crippen MR) is 118 cm³/mol. The molecule has 1 aromatic carbocycles. The van der Waals surface area contributed by atoms with Crippen LogP contribution >= 0.6 is 22.9 Å². The zero-order chi connectivity index (χ0) is 19.8. The van der Waals surface area contributed by atoms with E-state index in [0.29, 0.717) is 13.0 Å². The number of nitrogens with zero attached hydrogens (tertiary/aromatic N) is 2. The summed E-state index contributed by atoms with van der Waals surface area (Å²) >= 11 is 7.77. The van der Waals surface area contributed by atoms with Crippen molar-refractivity contribution in [3.05, 3.63) is 81.3 Å². The fourth-order valence-electron chi connectivity index (χ4n) is 3.29. The van der Waals surface area contributed by atoms with Gasteiger partial charge in [0.05, 0.1) is 13.0 Å². The number of halogens is 1. The average Bonchev–Trinajstić information content (AvgIpc) is 3.33. The van der Waals surface area contributed by atoms with Crippen molar-refractivity contribution in [2.75, 3.05) is 6.54 Å². The Bertz CT molecular complexity index is 872. The molecule has 0 saturated heterocycles. The first kappa shape index (κ1) is 20.7. The topological polar surface area (TPSA) is 25.2 Å². The SMILES string of the molecule is CCCCCN(Cc1cccn1Cc1cccc(Cl)c1)C(=O)Cc1cccs1. The third-order valence-electron chi connectivity index (χ3n) is 4.81. The number of hydrogen-bond acceptors (Lipinski definition) is 2. The van der Waals surface area contributed by atoms with Gasteiger partial charge in [-0.2, -0.15) is 0 Å². The Hall–Kier alpha value is -2.04. The summed E-state index contributed by atoms with van der Waals surface area (Å²) in [7, 11) is 0. The third kappa shape index (κ3) is 5.98. The Morgan fingerprint density at radius 3 is 2.79 bits per heavy atom. The summed E-state index contributed by atoms with van der Waals surface area (Å²) in [6, 6.07) is 16.1. The van der Waals surface area contributed by atoms with Gasteiger partial charge in [0.1, 0.15) is 0 Å². The Morgan fingerprint density at radius 2 is 2.04 bits per heavy atom. The first-order valence-electron chi connectivity index (χ1n) is 9.84. The van der Waals surface area contributed by atoms with Crippen LogP contribution in [0.4, 0.5) is 0 Å². The quantitative estimate of drug-likeness (QED) is 0.373. The molecule has 0 N–H and O–H groups in total. The van der Waals surface area contributed by atoms with E-state index in [9.17, 15) is 4.79 Å². The molecule has 0 aliphatic heterocycles. The summed E-state index contributed by atoms with van der Waals surface area (Å²) < 4.78 is 2.21. The van der Waals surface area contributed by atoms with Crippen molar-refractivity contribution < 1.29 is 4.79 Å². The molecule has 0 atom stereocenters. The van der Waals surface area contributed by atoms with Crippen LogP contribution < -0.4 is 0 Å². The minimum absolute atomic E-state index is 0.203. The molecular formula is C23H27ClN2OS. The zero-order valence-corrected chi connectivity index (χ0v) is 17.9. The largest absolute Gasteiger partial charge is 0.345 e. The summed E-state index contributed by atoms with van der Waals surface area (Å²) in [6.45, 7) is 4.39. The molecule has 5 heteroatoms. The minimum atomic E-state index is 0.203. The predicted octanol–water partition coefficient (Wildman–Crippen LogP) is 6.01. The molecule has 0 radical (unpaired) electrons. The molecular weight excluding hydrogens is 388 g/mol. The fraction of sp³-hybridized carbons (Fsp3) is 0.348. The maximum absolute atomic E-state index is 13.0. The molecule has 0 unspecified atom stereocenters. The maximum Gasteiger partial charge on any atom is 0.228 e. The van der Waals surface area contributed by atoms with Gasteiger partial charge in [-0.25, -0.2) is 0 Å². The molecule has 0 saturated carbocycles. The minimum Gasteiger partial charge on any atom is -0.345 e. The first-order chi connectivity index (χ1) is 13.7. The van der Waals surface area contributed by atoms with Gasteiger partial charge in [-0.05, 0) is 47.7 Å². The van der Waals surface area contributed by atoms with Crippen LogP contribution in [0.2, 0.25) is 5.02 Å². The third-order valence-corrected chi connectivity index (χ3v) is 5.92. The number of amides is 1. The maximum atomic E-state index is 13.0. The highest BCUT2D eigenvalue weighted by atomic mass is 35.5. The van der Waals surface area contributed by atoms with Crippen molar-refractivity contribution in [1.82, 2.24) is 9.47 Å². The summed E-state index contributed by atoms with van der Waals surface area (Å²) in [4.78, 5) is 16.1. The highest BCUT2D eigenvalue weighted by Gasteiger charge is 2.16. The van der Waals surface area contributed by atoms with E-state index < -0.39 is 0 Å². The lowest BCUT2D eigenvalue weighted by molar-refractivity contribution is -0.131. The van der Waals surface area contributed by atoms with E-state index in [4.69, 9.17) is 11.6 Å². The molecule has 3 rings (SSSR count). The number of thiophene rings is 1. The molecule has 148 valence electrons. The molecule has 2 heterocycles. The zero-order valence-electron chi connectivity index (χ0n) is 16.3. The molecule has 0 spiro atoms. The molecule has 28 heavy (non-hydrogen) atoms. The van der Waals surface area contributed by atoms with Gasteiger partial charge in [0, 0.05) is 34.9 Å². The summed E-state index contributed by atoms with van der Waals surface area (Å²) in [5, 5.41) is 2.78. The monoisotopic (exact) mass is 414 g/mol. The number of hydrogen-bond donors (Lipinski definition) is 0. The number of carbonyl (C=O) groups is 1. The van der Waals surface area contributed by atoms with Crippen LogP contribution in [-0.4, -0.2) is 21.9 Å². The van der Waals surface area contributed by atoms with E-state index in [1.54, 1.807) is 11.3 Å². The lowest BCUT2D eigenvalue weighted by Crippen LogP contribution is -2.33. The van der Waals surface area contributed by atoms with E-state index >= 15 is 0 Å². The second kappa shape index (κ2) is 10.5. The number of carbonyl (C=O) groups excluding carboxylic acids is 1. The lowest BCUT2D eigenvalue weighted by Gasteiger charge is -2.24. The van der Waals surface area contributed by atoms with Crippen LogP contribution in [-0.2, 0) is 24.3 Å². The van der Waals surface area contributed by atoms with Crippen LogP contribution in [0.3, 0.4) is 0 Å². The van der Waals surface area contributed by atoms with Crippen LogP contribution in [0.25, 0.3) is 0 Å². The second-order valence-electron chi connectivity index (χ2n) is 7.04. The van der Waals surface area contributed by atoms with Gasteiger partial charge in [-0.3, -0.25) is 4.79 Å². The summed E-state index contributed by atoms with van der Waals surface area (Å²) in [5.74, 6) is 0.203. The highest BCUT2D eigenvalue weighted by molar-refractivity contribution is 7.10. The standard InChI is InChI=1S/C23H27ClN2OS/c1-2-3-4-12-26(23(27)16-22-11-7-14-28-22)18-21-10-6-13-25(21)17-19-8-5-9-20(24)15-19/h5-11,13-15H,2-4,12,16-18H2,1H3. The lowest BCUT2D eigenvalue weighted by atomic mass is 10.2. The Morgan fingerprint density at radius 1 is 1.14 bits per heavy atom. The number of benzene rings is 1. The molecule has 0 bridgehead atoms. The van der Waals surface area contributed by atoms with Gasteiger partial charge in [0.25, 0.3) is 0 Å². The van der Waals surface area contributed by atoms with Crippen molar-refractivity contribution in [1.29, 1.82) is 0 Å². The molecule has 1 amide bonds. The first-order valence-corrected chi connectivity index (χ1v) is 11.1. The van der Waals surface area contributed by atoms with Crippen LogP contribution in [0.15, 0.2) is 60.1 Å². The van der Waals surface area contributed by atoms with Crippen molar-refractivity contribution in [3.8, 4) is 0 Å². The van der Waals surface area contributed by atoms with Crippen molar-refractivity contribution in [3.63, 3.8) is 0 Å². The molecule has 0 aliphatic rings. The molecule has 2 aromatic heterocycles. The van der Waals surface area contributed by atoms with Gasteiger partial charge in [-0.1, -0.05) is 49.6 Å². The summed E-state index contributed by atoms with van der Waals surface area (Å²) in [5.41, 5.74) is 2.31. The molecule has 3 aromatic rings. The van der Waals surface area contributed by atoms with Crippen LogP contribution in [0, 0.1) is 0 Å². The number of unbranched alkanes of at least 4 members (excludes halogenated alkanes) is 2. The van der Waals surface area contributed by atoms with E-state index in [-0.39, 0.29) is 5.91 Å². The van der Waals surface area contributed by atoms with E-state index in [1.165, 1.54) is 0 Å². The number of rotatable bonds is 10. The summed E-state index contributed by atoms with van der Waals surface area (Å²) in [6.07, 6.45) is 5.90.